The fraction of sp³-hybridized carbons (Fsp3) is 0.333. The van der Waals surface area contributed by atoms with Crippen molar-refractivity contribution in [1.82, 2.24) is 4.57 Å². The number of carbonyl (C=O) groups excluding carboxylic acids is 4. The molecule has 7 heteroatoms. The second-order valence-electron chi connectivity index (χ2n) is 7.00. The van der Waals surface area contributed by atoms with Crippen molar-refractivity contribution in [2.24, 2.45) is 13.0 Å². The van der Waals surface area contributed by atoms with Crippen molar-refractivity contribution < 1.29 is 23.9 Å². The van der Waals surface area contributed by atoms with Gasteiger partial charge in [-0.3, -0.25) is 14.4 Å². The molecule has 1 amide bonds. The van der Waals surface area contributed by atoms with Gasteiger partial charge in [-0.2, -0.15) is 0 Å². The van der Waals surface area contributed by atoms with E-state index in [0.717, 1.165) is 0 Å². The minimum absolute atomic E-state index is 0.0875. The number of hydrogen-bond donors (Lipinski definition) is 1. The number of anilines is 1. The minimum atomic E-state index is -0.680. The number of ether oxygens (including phenoxy) is 1. The molecular weight excluding hydrogens is 360 g/mol. The standard InChI is InChI=1S/C21H24N2O5/c1-13(2)9-20(26)22-17-7-5-15(6-8-17)19(25)12-28-21(27)18-10-16(14(3)24)11-23(18)4/h5-8,10-11,13H,9,12H2,1-4H3,(H,22,26). The van der Waals surface area contributed by atoms with Gasteiger partial charge in [0.25, 0.3) is 0 Å². The molecule has 1 aromatic carbocycles. The number of esters is 1. The van der Waals surface area contributed by atoms with Crippen molar-refractivity contribution in [3.8, 4) is 0 Å². The number of hydrogen-bond acceptors (Lipinski definition) is 5. The van der Waals surface area contributed by atoms with E-state index in [4.69, 9.17) is 4.74 Å². The molecule has 0 aliphatic rings. The molecule has 1 heterocycles. The minimum Gasteiger partial charge on any atom is -0.453 e. The summed E-state index contributed by atoms with van der Waals surface area (Å²) in [4.78, 5) is 47.5. The molecule has 28 heavy (non-hydrogen) atoms. The highest BCUT2D eigenvalue weighted by atomic mass is 16.5. The van der Waals surface area contributed by atoms with Crippen LogP contribution < -0.4 is 5.32 Å². The molecule has 0 atom stereocenters. The lowest BCUT2D eigenvalue weighted by Crippen LogP contribution is -2.16. The van der Waals surface area contributed by atoms with Crippen LogP contribution in [0, 0.1) is 5.92 Å². The van der Waals surface area contributed by atoms with Crippen molar-refractivity contribution in [3.63, 3.8) is 0 Å². The van der Waals surface area contributed by atoms with Crippen molar-refractivity contribution in [2.75, 3.05) is 11.9 Å². The summed E-state index contributed by atoms with van der Waals surface area (Å²) >= 11 is 0. The van der Waals surface area contributed by atoms with E-state index in [-0.39, 0.29) is 29.1 Å². The molecule has 0 saturated heterocycles. The van der Waals surface area contributed by atoms with Crippen LogP contribution in [0.15, 0.2) is 36.5 Å². The first-order valence-electron chi connectivity index (χ1n) is 8.95. The molecule has 0 aliphatic heterocycles. The van der Waals surface area contributed by atoms with E-state index < -0.39 is 12.6 Å². The molecule has 148 valence electrons. The number of aromatic nitrogens is 1. The quantitative estimate of drug-likeness (QED) is 0.557. The Morgan fingerprint density at radius 1 is 1.07 bits per heavy atom. The zero-order valence-corrected chi connectivity index (χ0v) is 16.4. The normalized spacial score (nSPS) is 10.6. The number of Topliss-reactive ketones (excluding diaryl/α,β-unsaturated/α-hetero) is 2. The molecule has 2 rings (SSSR count). The summed E-state index contributed by atoms with van der Waals surface area (Å²) in [5.74, 6) is -1.04. The molecule has 7 nitrogen and oxygen atoms in total. The number of benzene rings is 1. The highest BCUT2D eigenvalue weighted by molar-refractivity contribution is 6.01. The Labute approximate surface area is 163 Å². The number of amides is 1. The smallest absolute Gasteiger partial charge is 0.355 e. The number of nitrogens with one attached hydrogen (secondary N) is 1. The van der Waals surface area contributed by atoms with E-state index >= 15 is 0 Å². The summed E-state index contributed by atoms with van der Waals surface area (Å²) in [6, 6.07) is 7.83. The number of ketones is 2. The summed E-state index contributed by atoms with van der Waals surface area (Å²) in [6.07, 6.45) is 1.95. The molecule has 0 aliphatic carbocycles. The van der Waals surface area contributed by atoms with E-state index in [2.05, 4.69) is 5.32 Å². The Morgan fingerprint density at radius 3 is 2.25 bits per heavy atom. The van der Waals surface area contributed by atoms with E-state index in [1.54, 1.807) is 31.3 Å². The Bertz CT molecular complexity index is 894. The van der Waals surface area contributed by atoms with E-state index in [1.807, 2.05) is 13.8 Å². The Balaban J connectivity index is 1.93. The highest BCUT2D eigenvalue weighted by Gasteiger charge is 2.17. The van der Waals surface area contributed by atoms with Crippen LogP contribution in [-0.2, 0) is 16.6 Å². The molecule has 0 bridgehead atoms. The van der Waals surface area contributed by atoms with Crippen LogP contribution >= 0.6 is 0 Å². The zero-order valence-electron chi connectivity index (χ0n) is 16.4. The highest BCUT2D eigenvalue weighted by Crippen LogP contribution is 2.13. The van der Waals surface area contributed by atoms with Gasteiger partial charge in [0.1, 0.15) is 5.69 Å². The predicted octanol–water partition coefficient (Wildman–Crippen LogP) is 3.25. The maximum atomic E-state index is 12.2. The lowest BCUT2D eigenvalue weighted by Gasteiger charge is -2.08. The van der Waals surface area contributed by atoms with Gasteiger partial charge >= 0.3 is 5.97 Å². The Kier molecular flexibility index (Phi) is 6.87. The lowest BCUT2D eigenvalue weighted by atomic mass is 10.1. The van der Waals surface area contributed by atoms with Gasteiger partial charge in [-0.05, 0) is 43.2 Å². The van der Waals surface area contributed by atoms with Crippen LogP contribution in [0.1, 0.15) is 58.4 Å². The molecule has 1 N–H and O–H groups in total. The van der Waals surface area contributed by atoms with Gasteiger partial charge in [0.2, 0.25) is 5.91 Å². The zero-order chi connectivity index (χ0) is 20.8. The maximum absolute atomic E-state index is 12.2. The fourth-order valence-electron chi connectivity index (χ4n) is 2.57. The first kappa shape index (κ1) is 21.1. The third kappa shape index (κ3) is 5.64. The number of nitrogens with zero attached hydrogens (tertiary/aromatic N) is 1. The van der Waals surface area contributed by atoms with E-state index in [1.165, 1.54) is 23.8 Å². The number of carbonyl (C=O) groups is 4. The summed E-state index contributed by atoms with van der Waals surface area (Å²) in [5.41, 5.74) is 1.56. The molecule has 2 aromatic rings. The molecule has 0 spiro atoms. The van der Waals surface area contributed by atoms with Crippen molar-refractivity contribution in [2.45, 2.75) is 27.2 Å². The van der Waals surface area contributed by atoms with Gasteiger partial charge in [-0.1, -0.05) is 13.8 Å². The van der Waals surface area contributed by atoms with E-state index in [0.29, 0.717) is 23.2 Å². The van der Waals surface area contributed by atoms with Gasteiger partial charge in [0.05, 0.1) is 0 Å². The van der Waals surface area contributed by atoms with Crippen molar-refractivity contribution in [3.05, 3.63) is 53.3 Å². The molecule has 0 unspecified atom stereocenters. The molecular formula is C21H24N2O5. The second kappa shape index (κ2) is 9.12. The fourth-order valence-corrected chi connectivity index (χ4v) is 2.57. The number of aryl methyl sites for hydroxylation is 1. The SMILES string of the molecule is CC(=O)c1cc(C(=O)OCC(=O)c2ccc(NC(=O)CC(C)C)cc2)n(C)c1. The van der Waals surface area contributed by atoms with Gasteiger partial charge in [0, 0.05) is 36.5 Å². The molecule has 0 saturated carbocycles. The third-order valence-corrected chi connectivity index (χ3v) is 4.04. The van der Waals surface area contributed by atoms with Gasteiger partial charge in [0.15, 0.2) is 18.2 Å². The molecule has 0 radical (unpaired) electrons. The average molecular weight is 384 g/mol. The maximum Gasteiger partial charge on any atom is 0.355 e. The van der Waals surface area contributed by atoms with Crippen molar-refractivity contribution in [1.29, 1.82) is 0 Å². The van der Waals surface area contributed by atoms with Crippen LogP contribution in [0.25, 0.3) is 0 Å². The molecule has 1 aromatic heterocycles. The Morgan fingerprint density at radius 2 is 1.71 bits per heavy atom. The molecule has 0 fully saturated rings. The van der Waals surface area contributed by atoms with Crippen molar-refractivity contribution >= 4 is 29.1 Å². The summed E-state index contributed by atoms with van der Waals surface area (Å²) in [5, 5.41) is 2.76. The van der Waals surface area contributed by atoms with Crippen LogP contribution in [0.5, 0.6) is 0 Å². The summed E-state index contributed by atoms with van der Waals surface area (Å²) < 4.78 is 6.55. The predicted molar refractivity (Wildman–Crippen MR) is 105 cm³/mol. The van der Waals surface area contributed by atoms with Crippen LogP contribution in [0.4, 0.5) is 5.69 Å². The topological polar surface area (TPSA) is 94.5 Å². The first-order valence-corrected chi connectivity index (χ1v) is 8.95. The van der Waals surface area contributed by atoms with Gasteiger partial charge in [-0.25, -0.2) is 4.79 Å². The largest absolute Gasteiger partial charge is 0.453 e. The van der Waals surface area contributed by atoms with Crippen LogP contribution in [0.3, 0.4) is 0 Å². The Hall–Kier alpha value is -3.22. The summed E-state index contributed by atoms with van der Waals surface area (Å²) in [6.45, 7) is 4.90. The monoisotopic (exact) mass is 384 g/mol. The average Bonchev–Trinajstić information content (AvgIpc) is 3.01. The second-order valence-corrected chi connectivity index (χ2v) is 7.00. The van der Waals surface area contributed by atoms with Crippen LogP contribution in [-0.4, -0.2) is 34.6 Å². The van der Waals surface area contributed by atoms with Gasteiger partial charge < -0.3 is 14.6 Å². The number of rotatable bonds is 8. The van der Waals surface area contributed by atoms with Gasteiger partial charge in [-0.15, -0.1) is 0 Å². The lowest BCUT2D eigenvalue weighted by molar-refractivity contribution is -0.116. The first-order chi connectivity index (χ1) is 13.2. The van der Waals surface area contributed by atoms with Crippen LogP contribution in [0.2, 0.25) is 0 Å². The third-order valence-electron chi connectivity index (χ3n) is 4.04. The van der Waals surface area contributed by atoms with E-state index in [9.17, 15) is 19.2 Å². The summed E-state index contributed by atoms with van der Waals surface area (Å²) in [7, 11) is 1.62.